The summed E-state index contributed by atoms with van der Waals surface area (Å²) in [7, 11) is 0. The number of aliphatic hydroxyl groups excluding tert-OH is 2. The van der Waals surface area contributed by atoms with Crippen LogP contribution in [-0.4, -0.2) is 54.6 Å². The normalized spacial score (nSPS) is 11.0. The van der Waals surface area contributed by atoms with Crippen LogP contribution < -0.4 is 4.74 Å². The van der Waals surface area contributed by atoms with Crippen molar-refractivity contribution >= 4 is 0 Å². The second kappa shape index (κ2) is 12.5. The molecule has 0 unspecified atom stereocenters. The third kappa shape index (κ3) is 7.56. The van der Waals surface area contributed by atoms with Crippen LogP contribution in [0.3, 0.4) is 0 Å². The van der Waals surface area contributed by atoms with E-state index in [1.54, 1.807) is 0 Å². The minimum Gasteiger partial charge on any atom is -0.493 e. The van der Waals surface area contributed by atoms with Crippen molar-refractivity contribution in [2.45, 2.75) is 25.7 Å². The zero-order valence-electron chi connectivity index (χ0n) is 15.5. The summed E-state index contributed by atoms with van der Waals surface area (Å²) in [4.78, 5) is 2.08. The minimum absolute atomic E-state index is 0.130. The van der Waals surface area contributed by atoms with Crippen LogP contribution in [-0.2, 0) is 12.8 Å². The van der Waals surface area contributed by atoms with Crippen LogP contribution in [0, 0.1) is 0 Å². The molecule has 0 radical (unpaired) electrons. The molecule has 0 aliphatic carbocycles. The van der Waals surface area contributed by atoms with E-state index in [1.807, 2.05) is 18.2 Å². The maximum absolute atomic E-state index is 9.03. The highest BCUT2D eigenvalue weighted by molar-refractivity contribution is 5.34. The zero-order chi connectivity index (χ0) is 18.5. The Kier molecular flexibility index (Phi) is 9.80. The molecule has 0 heterocycles. The van der Waals surface area contributed by atoms with Gasteiger partial charge in [0.05, 0.1) is 19.8 Å². The first-order valence-corrected chi connectivity index (χ1v) is 9.52. The molecule has 4 nitrogen and oxygen atoms in total. The van der Waals surface area contributed by atoms with Crippen molar-refractivity contribution in [3.63, 3.8) is 0 Å². The molecule has 4 heteroatoms. The maximum atomic E-state index is 9.03. The standard InChI is InChI=1S/C22H31NO3/c24-17-15-23(16-18-25)14-6-7-19-26-22-11-5-4-10-21(22)13-12-20-8-2-1-3-9-20/h1-5,8-11,24-25H,6-7,12-19H2. The average molecular weight is 357 g/mol. The lowest BCUT2D eigenvalue weighted by molar-refractivity contribution is 0.157. The third-order valence-corrected chi connectivity index (χ3v) is 4.46. The Hall–Kier alpha value is -1.88. The number of rotatable bonds is 13. The molecular formula is C22H31NO3. The Labute approximate surface area is 157 Å². The van der Waals surface area contributed by atoms with Gasteiger partial charge in [-0.25, -0.2) is 0 Å². The Morgan fingerprint density at radius 3 is 2.15 bits per heavy atom. The van der Waals surface area contributed by atoms with Gasteiger partial charge in [-0.15, -0.1) is 0 Å². The Bertz CT molecular complexity index is 597. The fourth-order valence-electron chi connectivity index (χ4n) is 3.01. The molecule has 26 heavy (non-hydrogen) atoms. The van der Waals surface area contributed by atoms with Crippen molar-refractivity contribution in [3.8, 4) is 5.75 Å². The molecule has 2 aromatic carbocycles. The quantitative estimate of drug-likeness (QED) is 0.541. The number of nitrogens with zero attached hydrogens (tertiary/aromatic N) is 1. The maximum Gasteiger partial charge on any atom is 0.122 e. The number of aliphatic hydroxyl groups is 2. The first kappa shape index (κ1) is 20.4. The summed E-state index contributed by atoms with van der Waals surface area (Å²) in [5.74, 6) is 0.978. The smallest absolute Gasteiger partial charge is 0.122 e. The van der Waals surface area contributed by atoms with Gasteiger partial charge in [-0.3, -0.25) is 4.90 Å². The van der Waals surface area contributed by atoms with E-state index in [9.17, 15) is 0 Å². The van der Waals surface area contributed by atoms with Crippen LogP contribution in [0.15, 0.2) is 54.6 Å². The van der Waals surface area contributed by atoms with E-state index in [0.717, 1.165) is 38.0 Å². The number of ether oxygens (including phenoxy) is 1. The van der Waals surface area contributed by atoms with Crippen molar-refractivity contribution < 1.29 is 14.9 Å². The number of para-hydroxylation sites is 1. The van der Waals surface area contributed by atoms with Gasteiger partial charge in [-0.2, -0.15) is 0 Å². The molecular weight excluding hydrogens is 326 g/mol. The highest BCUT2D eigenvalue weighted by Crippen LogP contribution is 2.20. The first-order valence-electron chi connectivity index (χ1n) is 9.52. The van der Waals surface area contributed by atoms with Crippen molar-refractivity contribution in [1.82, 2.24) is 4.90 Å². The van der Waals surface area contributed by atoms with Gasteiger partial charge in [0.1, 0.15) is 5.75 Å². The van der Waals surface area contributed by atoms with Crippen LogP contribution in [0.25, 0.3) is 0 Å². The van der Waals surface area contributed by atoms with Gasteiger partial charge in [-0.1, -0.05) is 48.5 Å². The summed E-state index contributed by atoms with van der Waals surface area (Å²) in [6.07, 6.45) is 3.94. The van der Waals surface area contributed by atoms with Gasteiger partial charge in [-0.05, 0) is 49.4 Å². The summed E-state index contributed by atoms with van der Waals surface area (Å²) in [6.45, 7) is 3.05. The summed E-state index contributed by atoms with van der Waals surface area (Å²) in [5.41, 5.74) is 2.59. The predicted molar refractivity (Wildman–Crippen MR) is 106 cm³/mol. The predicted octanol–water partition coefficient (Wildman–Crippen LogP) is 2.92. The van der Waals surface area contributed by atoms with Crippen LogP contribution in [0.1, 0.15) is 24.0 Å². The van der Waals surface area contributed by atoms with Crippen LogP contribution in [0.2, 0.25) is 0 Å². The number of hydrogen-bond donors (Lipinski definition) is 2. The molecule has 2 aromatic rings. The largest absolute Gasteiger partial charge is 0.493 e. The van der Waals surface area contributed by atoms with Gasteiger partial charge in [0.15, 0.2) is 0 Å². The monoisotopic (exact) mass is 357 g/mol. The number of unbranched alkanes of at least 4 members (excludes halogenated alkanes) is 1. The van der Waals surface area contributed by atoms with Gasteiger partial charge in [0.25, 0.3) is 0 Å². The lowest BCUT2D eigenvalue weighted by Crippen LogP contribution is -2.31. The van der Waals surface area contributed by atoms with E-state index < -0.39 is 0 Å². The molecule has 0 aromatic heterocycles. The van der Waals surface area contributed by atoms with E-state index in [1.165, 1.54) is 11.1 Å². The molecule has 0 saturated carbocycles. The first-order chi connectivity index (χ1) is 12.8. The van der Waals surface area contributed by atoms with Gasteiger partial charge < -0.3 is 14.9 Å². The van der Waals surface area contributed by atoms with E-state index in [2.05, 4.69) is 41.3 Å². The average Bonchev–Trinajstić information content (AvgIpc) is 2.68. The Balaban J connectivity index is 1.73. The molecule has 0 aliphatic heterocycles. The summed E-state index contributed by atoms with van der Waals surface area (Å²) < 4.78 is 6.01. The highest BCUT2D eigenvalue weighted by Gasteiger charge is 2.05. The summed E-state index contributed by atoms with van der Waals surface area (Å²) >= 11 is 0. The third-order valence-electron chi connectivity index (χ3n) is 4.46. The van der Waals surface area contributed by atoms with Gasteiger partial charge in [0.2, 0.25) is 0 Å². The topological polar surface area (TPSA) is 52.9 Å². The molecule has 0 spiro atoms. The molecule has 0 saturated heterocycles. The van der Waals surface area contributed by atoms with Crippen LogP contribution in [0.4, 0.5) is 0 Å². The zero-order valence-corrected chi connectivity index (χ0v) is 15.5. The van der Waals surface area contributed by atoms with E-state index >= 15 is 0 Å². The van der Waals surface area contributed by atoms with Crippen molar-refractivity contribution in [1.29, 1.82) is 0 Å². The van der Waals surface area contributed by atoms with Crippen molar-refractivity contribution in [3.05, 3.63) is 65.7 Å². The van der Waals surface area contributed by atoms with E-state index in [0.29, 0.717) is 19.7 Å². The Morgan fingerprint density at radius 2 is 1.42 bits per heavy atom. The molecule has 0 bridgehead atoms. The molecule has 0 fully saturated rings. The summed E-state index contributed by atoms with van der Waals surface area (Å²) in [5, 5.41) is 18.1. The second-order valence-corrected chi connectivity index (χ2v) is 6.44. The van der Waals surface area contributed by atoms with E-state index in [4.69, 9.17) is 14.9 Å². The fourth-order valence-corrected chi connectivity index (χ4v) is 3.01. The fraction of sp³-hybridized carbons (Fsp3) is 0.455. The van der Waals surface area contributed by atoms with Crippen molar-refractivity contribution in [2.75, 3.05) is 39.5 Å². The van der Waals surface area contributed by atoms with E-state index in [-0.39, 0.29) is 13.2 Å². The lowest BCUT2D eigenvalue weighted by atomic mass is 10.0. The summed E-state index contributed by atoms with van der Waals surface area (Å²) in [6, 6.07) is 18.8. The Morgan fingerprint density at radius 1 is 0.731 bits per heavy atom. The lowest BCUT2D eigenvalue weighted by Gasteiger charge is -2.20. The van der Waals surface area contributed by atoms with Crippen LogP contribution in [0.5, 0.6) is 5.75 Å². The highest BCUT2D eigenvalue weighted by atomic mass is 16.5. The molecule has 2 N–H and O–H groups in total. The molecule has 0 atom stereocenters. The second-order valence-electron chi connectivity index (χ2n) is 6.44. The van der Waals surface area contributed by atoms with Gasteiger partial charge in [0, 0.05) is 13.1 Å². The molecule has 0 aliphatic rings. The molecule has 142 valence electrons. The van der Waals surface area contributed by atoms with Crippen molar-refractivity contribution in [2.24, 2.45) is 0 Å². The molecule has 2 rings (SSSR count). The number of hydrogen-bond acceptors (Lipinski definition) is 4. The van der Waals surface area contributed by atoms with Gasteiger partial charge >= 0.3 is 0 Å². The minimum atomic E-state index is 0.130. The number of aryl methyl sites for hydroxylation is 2. The van der Waals surface area contributed by atoms with Crippen LogP contribution >= 0.6 is 0 Å². The molecule has 0 amide bonds. The SMILES string of the molecule is OCCN(CCO)CCCCOc1ccccc1CCc1ccccc1. The number of benzene rings is 2.